The van der Waals surface area contributed by atoms with Gasteiger partial charge in [-0.15, -0.1) is 0 Å². The summed E-state index contributed by atoms with van der Waals surface area (Å²) in [6, 6.07) is 9.17. The summed E-state index contributed by atoms with van der Waals surface area (Å²) in [5.74, 6) is -0.122. The molecule has 1 aliphatic carbocycles. The van der Waals surface area contributed by atoms with E-state index in [1.165, 1.54) is 12.8 Å². The number of para-hydroxylation sites is 2. The molecule has 1 aromatic carbocycles. The quantitative estimate of drug-likeness (QED) is 0.828. The molecule has 1 amide bonds. The van der Waals surface area contributed by atoms with E-state index >= 15 is 0 Å². The van der Waals surface area contributed by atoms with Crippen molar-refractivity contribution in [1.82, 2.24) is 15.1 Å². The van der Waals surface area contributed by atoms with Crippen molar-refractivity contribution in [3.05, 3.63) is 42.2 Å². The number of anilines is 1. The molecule has 3 rings (SSSR count). The number of amides is 1. The number of nitrogens with one attached hydrogen (secondary N) is 1. The van der Waals surface area contributed by atoms with Crippen LogP contribution in [0.2, 0.25) is 0 Å². The maximum absolute atomic E-state index is 12.1. The van der Waals surface area contributed by atoms with Crippen LogP contribution in [0.15, 0.2) is 36.5 Å². The van der Waals surface area contributed by atoms with Gasteiger partial charge < -0.3 is 11.1 Å². The molecule has 0 saturated heterocycles. The second-order valence-electron chi connectivity index (χ2n) is 5.74. The predicted octanol–water partition coefficient (Wildman–Crippen LogP) is 2.37. The van der Waals surface area contributed by atoms with E-state index in [9.17, 15) is 4.79 Å². The van der Waals surface area contributed by atoms with Crippen LogP contribution >= 0.6 is 0 Å². The number of nitrogen functional groups attached to an aromatic ring is 1. The fourth-order valence-electron chi connectivity index (χ4n) is 2.47. The Hall–Kier alpha value is -2.30. The van der Waals surface area contributed by atoms with Gasteiger partial charge in [0.05, 0.1) is 11.4 Å². The third kappa shape index (κ3) is 2.77. The number of benzene rings is 1. The summed E-state index contributed by atoms with van der Waals surface area (Å²) < 4.78 is 1.64. The van der Waals surface area contributed by atoms with Gasteiger partial charge in [0, 0.05) is 12.7 Å². The van der Waals surface area contributed by atoms with Gasteiger partial charge >= 0.3 is 0 Å². The average molecular weight is 284 g/mol. The number of rotatable bonds is 5. The van der Waals surface area contributed by atoms with Crippen LogP contribution in [0.3, 0.4) is 0 Å². The first kappa shape index (κ1) is 13.7. The molecule has 21 heavy (non-hydrogen) atoms. The van der Waals surface area contributed by atoms with Gasteiger partial charge in [0.25, 0.3) is 5.91 Å². The van der Waals surface area contributed by atoms with Crippen LogP contribution < -0.4 is 11.1 Å². The van der Waals surface area contributed by atoms with Crippen molar-refractivity contribution in [3.8, 4) is 5.69 Å². The van der Waals surface area contributed by atoms with Crippen molar-refractivity contribution in [1.29, 1.82) is 0 Å². The molecule has 1 heterocycles. The fraction of sp³-hybridized carbons (Fsp3) is 0.375. The molecule has 1 aliphatic rings. The molecule has 2 aromatic rings. The van der Waals surface area contributed by atoms with Crippen molar-refractivity contribution in [2.75, 3.05) is 12.3 Å². The van der Waals surface area contributed by atoms with Crippen molar-refractivity contribution < 1.29 is 4.79 Å². The zero-order valence-electron chi connectivity index (χ0n) is 12.2. The molecule has 0 radical (unpaired) electrons. The second kappa shape index (κ2) is 5.24. The number of hydrogen-bond donors (Lipinski definition) is 2. The zero-order chi connectivity index (χ0) is 14.9. The minimum atomic E-state index is -0.122. The van der Waals surface area contributed by atoms with Gasteiger partial charge in [-0.2, -0.15) is 5.10 Å². The van der Waals surface area contributed by atoms with E-state index in [1.54, 1.807) is 16.9 Å². The lowest BCUT2D eigenvalue weighted by molar-refractivity contribution is 0.0939. The Morgan fingerprint density at radius 1 is 1.38 bits per heavy atom. The highest BCUT2D eigenvalue weighted by atomic mass is 16.1. The van der Waals surface area contributed by atoms with Crippen LogP contribution in [-0.2, 0) is 0 Å². The molecule has 1 aromatic heterocycles. The summed E-state index contributed by atoms with van der Waals surface area (Å²) in [4.78, 5) is 12.1. The summed E-state index contributed by atoms with van der Waals surface area (Å²) in [5, 5.41) is 7.30. The van der Waals surface area contributed by atoms with Crippen molar-refractivity contribution in [2.24, 2.45) is 5.41 Å². The molecule has 0 atom stereocenters. The molecule has 5 nitrogen and oxygen atoms in total. The first-order valence-corrected chi connectivity index (χ1v) is 7.32. The molecule has 0 spiro atoms. The Morgan fingerprint density at radius 2 is 2.14 bits per heavy atom. The Balaban J connectivity index is 1.70. The van der Waals surface area contributed by atoms with Gasteiger partial charge in [0.2, 0.25) is 0 Å². The molecule has 3 N–H and O–H groups in total. The fourth-order valence-corrected chi connectivity index (χ4v) is 2.47. The summed E-state index contributed by atoms with van der Waals surface area (Å²) in [7, 11) is 0. The molecule has 1 fully saturated rings. The molecule has 5 heteroatoms. The van der Waals surface area contributed by atoms with Gasteiger partial charge in [0.1, 0.15) is 0 Å². The van der Waals surface area contributed by atoms with E-state index < -0.39 is 0 Å². The molecule has 0 unspecified atom stereocenters. The number of aromatic nitrogens is 2. The Bertz CT molecular complexity index is 658. The number of nitrogens with two attached hydrogens (primary N) is 1. The van der Waals surface area contributed by atoms with Gasteiger partial charge in [-0.25, -0.2) is 4.68 Å². The average Bonchev–Trinajstić information content (AvgIpc) is 3.12. The lowest BCUT2D eigenvalue weighted by Gasteiger charge is -2.12. The maximum Gasteiger partial charge on any atom is 0.271 e. The van der Waals surface area contributed by atoms with Gasteiger partial charge in [-0.05, 0) is 42.9 Å². The van der Waals surface area contributed by atoms with Crippen LogP contribution in [0.4, 0.5) is 5.69 Å². The largest absolute Gasteiger partial charge is 0.397 e. The number of carbonyl (C=O) groups is 1. The Kier molecular flexibility index (Phi) is 3.41. The summed E-state index contributed by atoms with van der Waals surface area (Å²) in [6.45, 7) is 2.91. The van der Waals surface area contributed by atoms with E-state index in [-0.39, 0.29) is 5.91 Å². The topological polar surface area (TPSA) is 72.9 Å². The van der Waals surface area contributed by atoms with Gasteiger partial charge in [-0.3, -0.25) is 4.79 Å². The van der Waals surface area contributed by atoms with Crippen molar-refractivity contribution >= 4 is 11.6 Å². The first-order chi connectivity index (χ1) is 10.1. The van der Waals surface area contributed by atoms with E-state index in [1.807, 2.05) is 24.3 Å². The summed E-state index contributed by atoms with van der Waals surface area (Å²) in [6.07, 6.45) is 5.28. The highest BCUT2D eigenvalue weighted by Gasteiger charge is 2.40. The van der Waals surface area contributed by atoms with Gasteiger partial charge in [0.15, 0.2) is 5.69 Å². The minimum Gasteiger partial charge on any atom is -0.397 e. The molecule has 0 aliphatic heterocycles. The van der Waals surface area contributed by atoms with E-state index in [0.29, 0.717) is 16.8 Å². The van der Waals surface area contributed by atoms with E-state index in [4.69, 9.17) is 5.73 Å². The molecule has 110 valence electrons. The van der Waals surface area contributed by atoms with Crippen molar-refractivity contribution in [3.63, 3.8) is 0 Å². The molecule has 1 saturated carbocycles. The SMILES string of the molecule is CCC1(CNC(=O)c2ccn(-c3ccccc3N)n2)CC1. The highest BCUT2D eigenvalue weighted by Crippen LogP contribution is 2.47. The first-order valence-electron chi connectivity index (χ1n) is 7.32. The molecule has 0 bridgehead atoms. The zero-order valence-corrected chi connectivity index (χ0v) is 12.2. The molecular formula is C16H20N4O. The normalized spacial score (nSPS) is 15.7. The Morgan fingerprint density at radius 3 is 2.81 bits per heavy atom. The second-order valence-corrected chi connectivity index (χ2v) is 5.74. The van der Waals surface area contributed by atoms with E-state index in [2.05, 4.69) is 17.3 Å². The van der Waals surface area contributed by atoms with Crippen LogP contribution in [-0.4, -0.2) is 22.2 Å². The van der Waals surface area contributed by atoms with Gasteiger partial charge in [-0.1, -0.05) is 19.1 Å². The monoisotopic (exact) mass is 284 g/mol. The maximum atomic E-state index is 12.1. The minimum absolute atomic E-state index is 0.122. The van der Waals surface area contributed by atoms with Crippen LogP contribution in [0.25, 0.3) is 5.69 Å². The standard InChI is InChI=1S/C16H20N4O/c1-2-16(8-9-16)11-18-15(21)13-7-10-20(19-13)14-6-4-3-5-12(14)17/h3-7,10H,2,8-9,11,17H2,1H3,(H,18,21). The number of nitrogens with zero attached hydrogens (tertiary/aromatic N) is 2. The van der Waals surface area contributed by atoms with Crippen molar-refractivity contribution in [2.45, 2.75) is 26.2 Å². The Labute approximate surface area is 124 Å². The molecular weight excluding hydrogens is 264 g/mol. The number of hydrogen-bond acceptors (Lipinski definition) is 3. The number of carbonyl (C=O) groups excluding carboxylic acids is 1. The van der Waals surface area contributed by atoms with Crippen LogP contribution in [0, 0.1) is 5.41 Å². The van der Waals surface area contributed by atoms with E-state index in [0.717, 1.165) is 18.7 Å². The summed E-state index contributed by atoms with van der Waals surface area (Å²) in [5.41, 5.74) is 8.09. The van der Waals surface area contributed by atoms with Crippen LogP contribution in [0.5, 0.6) is 0 Å². The predicted molar refractivity (Wildman–Crippen MR) is 82.3 cm³/mol. The lowest BCUT2D eigenvalue weighted by Crippen LogP contribution is -2.30. The summed E-state index contributed by atoms with van der Waals surface area (Å²) >= 11 is 0. The smallest absolute Gasteiger partial charge is 0.271 e. The lowest BCUT2D eigenvalue weighted by atomic mass is 10.0. The third-order valence-corrected chi connectivity index (χ3v) is 4.34. The van der Waals surface area contributed by atoms with Crippen LogP contribution in [0.1, 0.15) is 36.7 Å². The third-order valence-electron chi connectivity index (χ3n) is 4.34. The highest BCUT2D eigenvalue weighted by molar-refractivity contribution is 5.92.